The summed E-state index contributed by atoms with van der Waals surface area (Å²) >= 11 is 11.6. The van der Waals surface area contributed by atoms with Gasteiger partial charge in [-0.05, 0) is 41.9 Å². The molecule has 0 aliphatic heterocycles. The Bertz CT molecular complexity index is 395. The summed E-state index contributed by atoms with van der Waals surface area (Å²) < 4.78 is 0.0424. The minimum Gasteiger partial charge on any atom is -0.388 e. The summed E-state index contributed by atoms with van der Waals surface area (Å²) in [5.41, 5.74) is -0.412. The highest BCUT2D eigenvalue weighted by molar-refractivity contribution is 9.25. The van der Waals surface area contributed by atoms with E-state index in [4.69, 9.17) is 0 Å². The van der Waals surface area contributed by atoms with Crippen LogP contribution >= 0.6 is 47.8 Å². The predicted molar refractivity (Wildman–Crippen MR) is 67.3 cm³/mol. The maximum atomic E-state index is 11.0. The Kier molecular flexibility index (Phi) is 1.35. The van der Waals surface area contributed by atoms with Crippen molar-refractivity contribution in [2.75, 3.05) is 0 Å². The lowest BCUT2D eigenvalue weighted by Crippen LogP contribution is -2.46. The molecule has 0 amide bonds. The largest absolute Gasteiger partial charge is 0.388 e. The zero-order valence-electron chi connectivity index (χ0n) is 7.91. The molecule has 0 aromatic heterocycles. The fraction of sp³-hybridized carbons (Fsp3) is 1.00. The topological polar surface area (TPSA) is 20.2 Å². The molecule has 0 aromatic carbocycles. The molecule has 4 heteroatoms. The molecule has 9 atom stereocenters. The third-order valence-electron chi connectivity index (χ3n) is 6.34. The zero-order valence-corrected chi connectivity index (χ0v) is 12.7. The van der Waals surface area contributed by atoms with Crippen molar-refractivity contribution in [3.05, 3.63) is 0 Å². The average molecular weight is 399 g/mol. The monoisotopic (exact) mass is 396 g/mol. The molecule has 6 aliphatic carbocycles. The number of halogens is 3. The lowest BCUT2D eigenvalue weighted by atomic mass is 9.69. The summed E-state index contributed by atoms with van der Waals surface area (Å²) in [6, 6.07) is 0. The van der Waals surface area contributed by atoms with E-state index in [1.165, 1.54) is 6.42 Å². The van der Waals surface area contributed by atoms with Crippen LogP contribution in [0.25, 0.3) is 0 Å². The first-order valence-electron chi connectivity index (χ1n) is 5.75. The van der Waals surface area contributed by atoms with Gasteiger partial charge in [0.05, 0.1) is 8.83 Å². The second kappa shape index (κ2) is 2.17. The molecular weight excluding hydrogens is 388 g/mol. The van der Waals surface area contributed by atoms with Gasteiger partial charge in [-0.1, -0.05) is 47.8 Å². The van der Waals surface area contributed by atoms with Crippen molar-refractivity contribution >= 4 is 47.8 Å². The SMILES string of the molecule is O[C@@]12[C@@H]3[C@@H]4C[C@H]5[C@@H]([C@H]4[C@H]1Br)[C@H]2C(Br)(Br)[C@H]53. The predicted octanol–water partition coefficient (Wildman–Crippen LogP) is 2.74. The van der Waals surface area contributed by atoms with Crippen LogP contribution in [0.5, 0.6) is 0 Å². The average Bonchev–Trinajstić information content (AvgIpc) is 2.81. The third-order valence-corrected chi connectivity index (χ3v) is 9.73. The molecule has 0 heterocycles. The molecule has 0 unspecified atom stereocenters. The second-order valence-corrected chi connectivity index (χ2v) is 10.9. The van der Waals surface area contributed by atoms with Crippen LogP contribution in [0, 0.1) is 41.4 Å². The Morgan fingerprint density at radius 2 is 1.73 bits per heavy atom. The molecule has 0 spiro atoms. The van der Waals surface area contributed by atoms with Crippen LogP contribution in [0.15, 0.2) is 0 Å². The van der Waals surface area contributed by atoms with Gasteiger partial charge in [-0.15, -0.1) is 0 Å². The first-order valence-corrected chi connectivity index (χ1v) is 8.25. The Labute approximate surface area is 114 Å². The van der Waals surface area contributed by atoms with Gasteiger partial charge in [-0.25, -0.2) is 0 Å². The highest BCUT2D eigenvalue weighted by Gasteiger charge is 2.91. The van der Waals surface area contributed by atoms with Crippen molar-refractivity contribution in [2.24, 2.45) is 41.4 Å². The van der Waals surface area contributed by atoms with Crippen LogP contribution in [0.2, 0.25) is 0 Å². The molecule has 1 N–H and O–H groups in total. The normalized spacial score (nSPS) is 79.2. The van der Waals surface area contributed by atoms with E-state index in [0.29, 0.717) is 22.6 Å². The van der Waals surface area contributed by atoms with Crippen LogP contribution in [0.3, 0.4) is 0 Å². The van der Waals surface area contributed by atoms with E-state index in [1.54, 1.807) is 0 Å². The standard InChI is InChI=1S/C11H11Br3O/c12-9-5-3-1-2-4(5)8-10(9,15)6(3)7(2)11(8,13)14/h2-9,15H,1H2/t2-,3+,4-,5-,6+,7+,8+,9+,10+/m0/s1. The van der Waals surface area contributed by atoms with E-state index < -0.39 is 5.60 Å². The van der Waals surface area contributed by atoms with Gasteiger partial charge < -0.3 is 5.11 Å². The van der Waals surface area contributed by atoms with Crippen LogP contribution in [-0.2, 0) is 0 Å². The summed E-state index contributed by atoms with van der Waals surface area (Å²) in [5.74, 6) is 4.93. The van der Waals surface area contributed by atoms with Crippen LogP contribution in [0.1, 0.15) is 6.42 Å². The van der Waals surface area contributed by atoms with E-state index in [0.717, 1.165) is 23.7 Å². The Morgan fingerprint density at radius 3 is 2.40 bits per heavy atom. The fourth-order valence-corrected chi connectivity index (χ4v) is 10.4. The minimum absolute atomic E-state index is 0.0424. The van der Waals surface area contributed by atoms with E-state index in [-0.39, 0.29) is 3.23 Å². The number of alkyl halides is 3. The number of hydrogen-bond acceptors (Lipinski definition) is 1. The van der Waals surface area contributed by atoms with E-state index in [2.05, 4.69) is 47.8 Å². The summed E-state index contributed by atoms with van der Waals surface area (Å²) in [4.78, 5) is 0.363. The maximum absolute atomic E-state index is 11.0. The van der Waals surface area contributed by atoms with E-state index in [9.17, 15) is 5.11 Å². The van der Waals surface area contributed by atoms with Crippen LogP contribution < -0.4 is 0 Å². The number of rotatable bonds is 0. The van der Waals surface area contributed by atoms with Crippen molar-refractivity contribution < 1.29 is 5.11 Å². The molecule has 0 radical (unpaired) electrons. The molecule has 6 fully saturated rings. The Hall–Kier alpha value is 1.40. The smallest absolute Gasteiger partial charge is 0.0898 e. The Morgan fingerprint density at radius 1 is 1.07 bits per heavy atom. The second-order valence-electron chi connectivity index (χ2n) is 6.21. The molecular formula is C11H11Br3O. The maximum Gasteiger partial charge on any atom is 0.0898 e. The lowest BCUT2D eigenvalue weighted by molar-refractivity contribution is -0.0514. The van der Waals surface area contributed by atoms with Gasteiger partial charge in [0, 0.05) is 10.7 Å². The molecule has 6 aliphatic rings. The minimum atomic E-state index is -0.412. The van der Waals surface area contributed by atoms with Gasteiger partial charge in [-0.3, -0.25) is 0 Å². The van der Waals surface area contributed by atoms with Crippen molar-refractivity contribution in [2.45, 2.75) is 20.1 Å². The van der Waals surface area contributed by atoms with Crippen LogP contribution in [0.4, 0.5) is 0 Å². The summed E-state index contributed by atoms with van der Waals surface area (Å²) in [7, 11) is 0. The summed E-state index contributed by atoms with van der Waals surface area (Å²) in [6.07, 6.45) is 1.38. The third kappa shape index (κ3) is 0.609. The molecule has 6 rings (SSSR count). The van der Waals surface area contributed by atoms with Crippen molar-refractivity contribution in [1.82, 2.24) is 0 Å². The molecule has 6 bridgehead atoms. The molecule has 15 heavy (non-hydrogen) atoms. The fourth-order valence-electron chi connectivity index (χ4n) is 6.49. The molecule has 6 saturated carbocycles. The van der Waals surface area contributed by atoms with Gasteiger partial charge in [-0.2, -0.15) is 0 Å². The van der Waals surface area contributed by atoms with Gasteiger partial charge in [0.1, 0.15) is 0 Å². The molecule has 82 valence electrons. The highest BCUT2D eigenvalue weighted by atomic mass is 79.9. The van der Waals surface area contributed by atoms with Gasteiger partial charge >= 0.3 is 0 Å². The van der Waals surface area contributed by atoms with Crippen molar-refractivity contribution in [1.29, 1.82) is 0 Å². The van der Waals surface area contributed by atoms with E-state index >= 15 is 0 Å². The van der Waals surface area contributed by atoms with Crippen molar-refractivity contribution in [3.8, 4) is 0 Å². The first-order chi connectivity index (χ1) is 7.00. The molecule has 0 saturated heterocycles. The van der Waals surface area contributed by atoms with Gasteiger partial charge in [0.25, 0.3) is 0 Å². The molecule has 0 aromatic rings. The van der Waals surface area contributed by atoms with E-state index in [1.807, 2.05) is 0 Å². The van der Waals surface area contributed by atoms with Gasteiger partial charge in [0.2, 0.25) is 0 Å². The summed E-state index contributed by atoms with van der Waals surface area (Å²) in [5, 5.41) is 11.0. The van der Waals surface area contributed by atoms with Crippen molar-refractivity contribution in [3.63, 3.8) is 0 Å². The zero-order chi connectivity index (χ0) is 10.3. The lowest BCUT2D eigenvalue weighted by Gasteiger charge is -2.38. The highest BCUT2D eigenvalue weighted by Crippen LogP contribution is 2.89. The Balaban J connectivity index is 1.88. The van der Waals surface area contributed by atoms with Crippen LogP contribution in [-0.4, -0.2) is 18.8 Å². The first kappa shape index (κ1) is 9.35. The van der Waals surface area contributed by atoms with Gasteiger partial charge in [0.15, 0.2) is 0 Å². The summed E-state index contributed by atoms with van der Waals surface area (Å²) in [6.45, 7) is 0. The number of hydrogen-bond donors (Lipinski definition) is 1. The quantitative estimate of drug-likeness (QED) is 0.622. The molecule has 1 nitrogen and oxygen atoms in total. The number of aliphatic hydroxyl groups is 1.